The average Bonchev–Trinajstić information content (AvgIpc) is 3.39. The first-order valence-corrected chi connectivity index (χ1v) is 14.3. The maximum atomic E-state index is 14.0. The van der Waals surface area contributed by atoms with Crippen LogP contribution >= 0.6 is 0 Å². The first-order valence-electron chi connectivity index (χ1n) is 14.3. The molecule has 3 fully saturated rings. The molecule has 1 aromatic carbocycles. The van der Waals surface area contributed by atoms with Crippen molar-refractivity contribution in [3.05, 3.63) is 40.3 Å². The van der Waals surface area contributed by atoms with Crippen LogP contribution in [0.25, 0.3) is 11.0 Å². The molecule has 1 aliphatic heterocycles. The van der Waals surface area contributed by atoms with Gasteiger partial charge in [-0.1, -0.05) is 50.7 Å². The molecule has 3 aliphatic rings. The van der Waals surface area contributed by atoms with Gasteiger partial charge in [-0.05, 0) is 57.6 Å². The summed E-state index contributed by atoms with van der Waals surface area (Å²) in [6.07, 6.45) is 11.6. The fraction of sp³-hybridized carbons (Fsp3) is 0.667. The van der Waals surface area contributed by atoms with Crippen LogP contribution in [0.5, 0.6) is 0 Å². The molecule has 0 amide bonds. The second-order valence-corrected chi connectivity index (χ2v) is 11.4. The van der Waals surface area contributed by atoms with Gasteiger partial charge in [-0.3, -0.25) is 19.3 Å². The fourth-order valence-corrected chi connectivity index (χ4v) is 7.43. The minimum Gasteiger partial charge on any atom is -0.468 e. The molecule has 37 heavy (non-hydrogen) atoms. The third-order valence-electron chi connectivity index (χ3n) is 9.39. The molecule has 2 aliphatic carbocycles. The summed E-state index contributed by atoms with van der Waals surface area (Å²) in [5.41, 5.74) is 1.66. The summed E-state index contributed by atoms with van der Waals surface area (Å²) in [5, 5.41) is 0. The topological polar surface area (TPSA) is 81.5 Å². The van der Waals surface area contributed by atoms with E-state index in [0.29, 0.717) is 5.69 Å². The number of Topliss-reactive ketones (excluding diaryl/α,β-unsaturated/α-hetero) is 1. The molecule has 2 aromatic rings. The van der Waals surface area contributed by atoms with E-state index in [2.05, 4.69) is 4.90 Å². The number of piperidine rings is 1. The molecule has 7 heteroatoms. The van der Waals surface area contributed by atoms with Gasteiger partial charge < -0.3 is 9.30 Å². The summed E-state index contributed by atoms with van der Waals surface area (Å²) in [6, 6.07) is 7.92. The SMILES string of the molecule is COC(=O)C1(N2CCC(n3c(=O)c(C4CCC[C@H]4C(C)=O)nc4ccccc43)CC2)CCCCCCC1. The number of likely N-dealkylation sites (tertiary alicyclic amines) is 1. The van der Waals surface area contributed by atoms with E-state index in [1.807, 2.05) is 28.8 Å². The highest BCUT2D eigenvalue weighted by molar-refractivity contribution is 5.81. The molecule has 0 N–H and O–H groups in total. The van der Waals surface area contributed by atoms with E-state index in [1.165, 1.54) is 26.4 Å². The Labute approximate surface area is 219 Å². The molecule has 0 radical (unpaired) electrons. The van der Waals surface area contributed by atoms with Crippen LogP contribution in [0.4, 0.5) is 0 Å². The number of benzene rings is 1. The van der Waals surface area contributed by atoms with Crippen molar-refractivity contribution >= 4 is 22.8 Å². The number of carbonyl (C=O) groups excluding carboxylic acids is 2. The fourth-order valence-electron chi connectivity index (χ4n) is 7.43. The van der Waals surface area contributed by atoms with Gasteiger partial charge in [0.2, 0.25) is 0 Å². The molecule has 2 heterocycles. The number of hydrogen-bond donors (Lipinski definition) is 0. The van der Waals surface area contributed by atoms with Gasteiger partial charge in [0.05, 0.1) is 18.1 Å². The van der Waals surface area contributed by atoms with Crippen LogP contribution < -0.4 is 5.56 Å². The van der Waals surface area contributed by atoms with Crippen molar-refractivity contribution in [3.8, 4) is 0 Å². The number of hydrogen-bond acceptors (Lipinski definition) is 6. The second kappa shape index (κ2) is 11.1. The smallest absolute Gasteiger partial charge is 0.326 e. The van der Waals surface area contributed by atoms with E-state index in [4.69, 9.17) is 9.72 Å². The quantitative estimate of drug-likeness (QED) is 0.520. The van der Waals surface area contributed by atoms with Crippen molar-refractivity contribution in [1.82, 2.24) is 14.5 Å². The van der Waals surface area contributed by atoms with Crippen LogP contribution in [0.15, 0.2) is 29.1 Å². The van der Waals surface area contributed by atoms with Gasteiger partial charge in [-0.2, -0.15) is 0 Å². The second-order valence-electron chi connectivity index (χ2n) is 11.4. The first-order chi connectivity index (χ1) is 18.0. The summed E-state index contributed by atoms with van der Waals surface area (Å²) in [6.45, 7) is 3.17. The van der Waals surface area contributed by atoms with Crippen LogP contribution in [-0.4, -0.2) is 51.9 Å². The zero-order valence-corrected chi connectivity index (χ0v) is 22.4. The largest absolute Gasteiger partial charge is 0.468 e. The third-order valence-corrected chi connectivity index (χ3v) is 9.39. The molecule has 1 unspecified atom stereocenters. The lowest BCUT2D eigenvalue weighted by molar-refractivity contribution is -0.158. The van der Waals surface area contributed by atoms with Gasteiger partial charge in [0, 0.05) is 31.0 Å². The average molecular weight is 508 g/mol. The molecule has 2 saturated carbocycles. The lowest BCUT2D eigenvalue weighted by atomic mass is 9.81. The first kappa shape index (κ1) is 26.1. The molecule has 1 aromatic heterocycles. The molecule has 1 saturated heterocycles. The summed E-state index contributed by atoms with van der Waals surface area (Å²) >= 11 is 0. The van der Waals surface area contributed by atoms with Crippen molar-refractivity contribution < 1.29 is 14.3 Å². The third kappa shape index (κ3) is 4.87. The van der Waals surface area contributed by atoms with Gasteiger partial charge in [0.15, 0.2) is 0 Å². The van der Waals surface area contributed by atoms with Gasteiger partial charge in [0.1, 0.15) is 17.0 Å². The number of rotatable bonds is 5. The molecule has 7 nitrogen and oxygen atoms in total. The summed E-state index contributed by atoms with van der Waals surface area (Å²) in [7, 11) is 1.51. The number of ketones is 1. The molecule has 5 rings (SSSR count). The lowest BCUT2D eigenvalue weighted by Gasteiger charge is -2.46. The normalized spacial score (nSPS) is 25.5. The van der Waals surface area contributed by atoms with Crippen LogP contribution in [0.1, 0.15) is 102 Å². The molecular formula is C30H41N3O4. The number of nitrogens with zero attached hydrogens (tertiary/aromatic N) is 3. The summed E-state index contributed by atoms with van der Waals surface area (Å²) in [5.74, 6) is -0.156. The maximum absolute atomic E-state index is 14.0. The Morgan fingerprint density at radius 1 is 0.946 bits per heavy atom. The zero-order chi connectivity index (χ0) is 26.0. The number of aromatic nitrogens is 2. The molecular weight excluding hydrogens is 466 g/mol. The highest BCUT2D eigenvalue weighted by Gasteiger charge is 2.46. The molecule has 0 spiro atoms. The zero-order valence-electron chi connectivity index (χ0n) is 22.4. The number of ether oxygens (including phenoxy) is 1. The van der Waals surface area contributed by atoms with Crippen LogP contribution in [0.2, 0.25) is 0 Å². The number of carbonyl (C=O) groups is 2. The molecule has 2 atom stereocenters. The standard InChI is InChI=1S/C30H41N3O4/c1-21(34)23-11-10-12-24(23)27-28(35)33(26-14-7-6-13-25(26)31-27)22-15-19-32(20-16-22)30(29(36)37-2)17-8-4-3-5-9-18-30/h6-7,13-14,22-24H,3-5,8-12,15-20H2,1-2H3/t23-,24?/m0/s1. The van der Waals surface area contributed by atoms with Gasteiger partial charge in [0.25, 0.3) is 5.56 Å². The van der Waals surface area contributed by atoms with E-state index in [9.17, 15) is 14.4 Å². The predicted molar refractivity (Wildman–Crippen MR) is 144 cm³/mol. The Morgan fingerprint density at radius 2 is 1.62 bits per heavy atom. The van der Waals surface area contributed by atoms with Crippen LogP contribution in [0, 0.1) is 5.92 Å². The molecule has 200 valence electrons. The Kier molecular flexibility index (Phi) is 7.80. The summed E-state index contributed by atoms with van der Waals surface area (Å²) < 4.78 is 7.33. The summed E-state index contributed by atoms with van der Waals surface area (Å²) in [4.78, 5) is 46.7. The predicted octanol–water partition coefficient (Wildman–Crippen LogP) is 5.16. The highest BCUT2D eigenvalue weighted by Crippen LogP contribution is 2.40. The monoisotopic (exact) mass is 507 g/mol. The number of esters is 1. The minimum atomic E-state index is -0.546. The Hall–Kier alpha value is -2.54. The van der Waals surface area contributed by atoms with E-state index >= 15 is 0 Å². The van der Waals surface area contributed by atoms with Crippen LogP contribution in [0.3, 0.4) is 0 Å². The lowest BCUT2D eigenvalue weighted by Crippen LogP contribution is -2.58. The maximum Gasteiger partial charge on any atom is 0.326 e. The Morgan fingerprint density at radius 3 is 2.30 bits per heavy atom. The number of para-hydroxylation sites is 2. The van der Waals surface area contributed by atoms with Gasteiger partial charge in [-0.25, -0.2) is 4.98 Å². The van der Waals surface area contributed by atoms with E-state index in [1.54, 1.807) is 6.92 Å². The minimum absolute atomic E-state index is 0.0378. The molecule has 0 bridgehead atoms. The van der Waals surface area contributed by atoms with Crippen molar-refractivity contribution in [1.29, 1.82) is 0 Å². The van der Waals surface area contributed by atoms with E-state index in [-0.39, 0.29) is 35.2 Å². The van der Waals surface area contributed by atoms with Crippen molar-refractivity contribution in [2.45, 2.75) is 101 Å². The van der Waals surface area contributed by atoms with Crippen molar-refractivity contribution in [2.75, 3.05) is 20.2 Å². The van der Waals surface area contributed by atoms with Gasteiger partial charge >= 0.3 is 5.97 Å². The number of methoxy groups -OCH3 is 1. The van der Waals surface area contributed by atoms with Crippen molar-refractivity contribution in [3.63, 3.8) is 0 Å². The van der Waals surface area contributed by atoms with Gasteiger partial charge in [-0.15, -0.1) is 0 Å². The van der Waals surface area contributed by atoms with E-state index in [0.717, 1.165) is 81.9 Å². The Bertz CT molecular complexity index is 1190. The number of fused-ring (bicyclic) bond motifs is 1. The van der Waals surface area contributed by atoms with Crippen LogP contribution in [-0.2, 0) is 14.3 Å². The highest BCUT2D eigenvalue weighted by atomic mass is 16.5. The van der Waals surface area contributed by atoms with E-state index < -0.39 is 5.54 Å². The van der Waals surface area contributed by atoms with Crippen molar-refractivity contribution in [2.24, 2.45) is 5.92 Å². The Balaban J connectivity index is 1.46.